The van der Waals surface area contributed by atoms with Gasteiger partial charge in [0, 0.05) is 4.47 Å². The van der Waals surface area contributed by atoms with E-state index in [1.165, 1.54) is 5.56 Å². The Morgan fingerprint density at radius 3 is 2.31 bits per heavy atom. The zero-order valence-corrected chi connectivity index (χ0v) is 12.8. The summed E-state index contributed by atoms with van der Waals surface area (Å²) in [7, 11) is -1.51. The molecule has 0 saturated heterocycles. The van der Waals surface area contributed by atoms with E-state index >= 15 is 0 Å². The second-order valence-corrected chi connectivity index (χ2v) is 10.2. The highest BCUT2D eigenvalue weighted by molar-refractivity contribution is 9.10. The van der Waals surface area contributed by atoms with Crippen LogP contribution in [0.25, 0.3) is 0 Å². The summed E-state index contributed by atoms with van der Waals surface area (Å²) < 4.78 is 7.26. The van der Waals surface area contributed by atoms with E-state index in [1.54, 1.807) is 0 Å². The van der Waals surface area contributed by atoms with Crippen molar-refractivity contribution in [1.82, 2.24) is 0 Å². The van der Waals surface area contributed by atoms with Crippen LogP contribution in [0.4, 0.5) is 0 Å². The minimum absolute atomic E-state index is 0.150. The van der Waals surface area contributed by atoms with Crippen LogP contribution in [0.3, 0.4) is 0 Å². The molecule has 0 radical (unpaired) electrons. The highest BCUT2D eigenvalue weighted by atomic mass is 79.9. The Morgan fingerprint density at radius 1 is 1.31 bits per heavy atom. The zero-order chi connectivity index (χ0) is 12.2. The molecule has 0 N–H and O–H groups in total. The maximum Gasteiger partial charge on any atom is 0.184 e. The second kappa shape index (κ2) is 5.80. The van der Waals surface area contributed by atoms with Crippen molar-refractivity contribution in [2.45, 2.75) is 32.2 Å². The molecule has 0 spiro atoms. The average molecular weight is 299 g/mol. The van der Waals surface area contributed by atoms with Gasteiger partial charge in [0.15, 0.2) is 8.32 Å². The summed E-state index contributed by atoms with van der Waals surface area (Å²) in [6, 6.07) is 8.33. The van der Waals surface area contributed by atoms with Crippen LogP contribution >= 0.6 is 15.9 Å². The fourth-order valence-corrected chi connectivity index (χ4v) is 2.86. The smallest absolute Gasteiger partial charge is 0.184 e. The first-order chi connectivity index (χ1) is 7.42. The molecule has 1 nitrogen and oxygen atoms in total. The van der Waals surface area contributed by atoms with E-state index in [2.05, 4.69) is 66.4 Å². The number of benzene rings is 1. The maximum atomic E-state index is 6.16. The molecule has 88 valence electrons. The van der Waals surface area contributed by atoms with Crippen LogP contribution in [0.15, 0.2) is 41.4 Å². The molecular weight excluding hydrogens is 280 g/mol. The second-order valence-electron chi connectivity index (χ2n) is 4.79. The van der Waals surface area contributed by atoms with Crippen molar-refractivity contribution in [1.29, 1.82) is 0 Å². The Balaban J connectivity index is 2.84. The Hall–Kier alpha value is -0.383. The Morgan fingerprint density at radius 2 is 1.88 bits per heavy atom. The first-order valence-electron chi connectivity index (χ1n) is 5.46. The lowest BCUT2D eigenvalue weighted by atomic mass is 10.1. The monoisotopic (exact) mass is 298 g/mol. The van der Waals surface area contributed by atoms with Gasteiger partial charge in [0.2, 0.25) is 0 Å². The van der Waals surface area contributed by atoms with Crippen LogP contribution in [0.1, 0.15) is 18.1 Å². The van der Waals surface area contributed by atoms with Crippen molar-refractivity contribution in [3.05, 3.63) is 47.0 Å². The van der Waals surface area contributed by atoms with Crippen molar-refractivity contribution in [3.8, 4) is 0 Å². The summed E-state index contributed by atoms with van der Waals surface area (Å²) in [6.45, 7) is 10.4. The largest absolute Gasteiger partial charge is 0.410 e. The van der Waals surface area contributed by atoms with Crippen LogP contribution in [-0.4, -0.2) is 8.32 Å². The Kier molecular flexibility index (Phi) is 4.96. The van der Waals surface area contributed by atoms with Gasteiger partial charge in [-0.2, -0.15) is 0 Å². The number of hydrogen-bond donors (Lipinski definition) is 0. The third-order valence-corrected chi connectivity index (χ3v) is 3.64. The molecule has 16 heavy (non-hydrogen) atoms. The molecule has 3 heteroatoms. The van der Waals surface area contributed by atoms with Gasteiger partial charge in [0.1, 0.15) is 0 Å². The van der Waals surface area contributed by atoms with E-state index in [-0.39, 0.29) is 6.10 Å². The summed E-state index contributed by atoms with van der Waals surface area (Å²) in [6.07, 6.45) is 2.94. The molecule has 0 bridgehead atoms. The molecule has 1 unspecified atom stereocenters. The van der Waals surface area contributed by atoms with Gasteiger partial charge in [-0.25, -0.2) is 0 Å². The van der Waals surface area contributed by atoms with Crippen LogP contribution in [0, 0.1) is 0 Å². The van der Waals surface area contributed by atoms with E-state index in [0.717, 1.165) is 10.9 Å². The van der Waals surface area contributed by atoms with Gasteiger partial charge in [-0.15, -0.1) is 6.58 Å². The molecule has 0 aliphatic carbocycles. The minimum atomic E-state index is -1.51. The number of halogens is 1. The first kappa shape index (κ1) is 13.7. The molecule has 0 aliphatic rings. The summed E-state index contributed by atoms with van der Waals surface area (Å²) in [4.78, 5) is 0. The van der Waals surface area contributed by atoms with Gasteiger partial charge in [-0.1, -0.05) is 34.1 Å². The minimum Gasteiger partial charge on any atom is -0.410 e. The van der Waals surface area contributed by atoms with Crippen molar-refractivity contribution < 1.29 is 4.43 Å². The summed E-state index contributed by atoms with van der Waals surface area (Å²) in [5, 5.41) is 0. The average Bonchev–Trinajstić information content (AvgIpc) is 2.16. The van der Waals surface area contributed by atoms with Gasteiger partial charge in [-0.05, 0) is 43.8 Å². The van der Waals surface area contributed by atoms with Gasteiger partial charge >= 0.3 is 0 Å². The molecular formula is C13H19BrOSi. The molecule has 0 saturated carbocycles. The zero-order valence-electron chi connectivity index (χ0n) is 10.2. The van der Waals surface area contributed by atoms with E-state index in [1.807, 2.05) is 6.08 Å². The van der Waals surface area contributed by atoms with Gasteiger partial charge in [-0.3, -0.25) is 0 Å². The Bertz CT molecular complexity index is 340. The number of hydrogen-bond acceptors (Lipinski definition) is 1. The summed E-state index contributed by atoms with van der Waals surface area (Å²) in [5.74, 6) is 0. The molecule has 0 aliphatic heterocycles. The van der Waals surface area contributed by atoms with Crippen molar-refractivity contribution >= 4 is 24.2 Å². The predicted octanol–water partition coefficient (Wildman–Crippen LogP) is 4.92. The molecule has 1 atom stereocenters. The topological polar surface area (TPSA) is 9.23 Å². The third kappa shape index (κ3) is 4.64. The molecule has 1 aromatic carbocycles. The first-order valence-corrected chi connectivity index (χ1v) is 9.66. The third-order valence-electron chi connectivity index (χ3n) is 2.12. The van der Waals surface area contributed by atoms with Crippen LogP contribution in [-0.2, 0) is 4.43 Å². The van der Waals surface area contributed by atoms with Crippen molar-refractivity contribution in [2.75, 3.05) is 0 Å². The van der Waals surface area contributed by atoms with Crippen LogP contribution in [0.5, 0.6) is 0 Å². The molecule has 1 aromatic rings. The van der Waals surface area contributed by atoms with E-state index in [4.69, 9.17) is 4.43 Å². The van der Waals surface area contributed by atoms with E-state index in [9.17, 15) is 0 Å². The standard InChI is InChI=1S/C13H19BrOSi/c1-5-6-13(15-16(2,3)4)11-7-9-12(14)10-8-11/h5,7-10,13H,1,6H2,2-4H3. The lowest BCUT2D eigenvalue weighted by molar-refractivity contribution is 0.201. The van der Waals surface area contributed by atoms with Gasteiger partial charge in [0.05, 0.1) is 6.10 Å². The van der Waals surface area contributed by atoms with Crippen LogP contribution < -0.4 is 0 Å². The molecule has 0 heterocycles. The molecule has 1 rings (SSSR count). The quantitative estimate of drug-likeness (QED) is 0.554. The van der Waals surface area contributed by atoms with Crippen molar-refractivity contribution in [3.63, 3.8) is 0 Å². The molecule has 0 aromatic heterocycles. The summed E-state index contributed by atoms with van der Waals surface area (Å²) >= 11 is 3.44. The lowest BCUT2D eigenvalue weighted by Gasteiger charge is -2.26. The fourth-order valence-electron chi connectivity index (χ4n) is 1.51. The van der Waals surface area contributed by atoms with E-state index in [0.29, 0.717) is 0 Å². The molecule has 0 fully saturated rings. The molecule has 0 amide bonds. The van der Waals surface area contributed by atoms with Gasteiger partial charge < -0.3 is 4.43 Å². The van der Waals surface area contributed by atoms with Crippen molar-refractivity contribution in [2.24, 2.45) is 0 Å². The summed E-state index contributed by atoms with van der Waals surface area (Å²) in [5.41, 5.74) is 1.23. The van der Waals surface area contributed by atoms with E-state index < -0.39 is 8.32 Å². The fraction of sp³-hybridized carbons (Fsp3) is 0.385. The SMILES string of the molecule is C=CCC(O[Si](C)(C)C)c1ccc(Br)cc1. The maximum absolute atomic E-state index is 6.16. The highest BCUT2D eigenvalue weighted by Gasteiger charge is 2.21. The highest BCUT2D eigenvalue weighted by Crippen LogP contribution is 2.26. The predicted molar refractivity (Wildman–Crippen MR) is 76.1 cm³/mol. The van der Waals surface area contributed by atoms with Crippen LogP contribution in [0.2, 0.25) is 19.6 Å². The Labute approximate surface area is 108 Å². The lowest BCUT2D eigenvalue weighted by Crippen LogP contribution is -2.27. The van der Waals surface area contributed by atoms with Gasteiger partial charge in [0.25, 0.3) is 0 Å². The normalized spacial score (nSPS) is 13.5. The number of rotatable bonds is 5.